The van der Waals surface area contributed by atoms with Crippen LogP contribution >= 0.6 is 0 Å². The van der Waals surface area contributed by atoms with Gasteiger partial charge in [-0.1, -0.05) is 140 Å². The van der Waals surface area contributed by atoms with Gasteiger partial charge >= 0.3 is 23.9 Å². The molecule has 24 heteroatoms. The molecule has 22 nitrogen and oxygen atoms in total. The molecule has 146 heavy (non-hydrogen) atoms. The molecule has 12 saturated carbocycles. The van der Waals surface area contributed by atoms with Crippen LogP contribution in [0.4, 0.5) is 0 Å². The number of nitrogens with zero attached hydrogens (tertiary/aromatic N) is 4. The molecule has 0 spiro atoms. The SMILES string of the molecule is C=C(C)[C@@H]1CC[C@]2(C=O)CC[C@]3(C)[C@H](CC[C@@H]4[C@@]5(C)CCN(C(=O)CC(C)(C)CC(=O)O)C(C)(C)[C@@H]5CC[C@]43C)[C@@H]12.C=C(C)[C@@H]1CC[C@]2(C=O)CC[C@]3(C)[C@H](CC[C@@H]4[C@@]5(C)CCNC(C)(C)[C@@H]5CC[C@]43C)[C@@H]12.C=C(C)[C@@H]1CC[C@]2(CNCCCN3CCS(=O)(=O)CC3)CC[C@]3(C)[C@H](CC[C@@H]4[C@@]5(C)CCN(C(=O)CC(C)(C)CC(=O)O)C(C)(C)[C@@H]5CC[C@]43C)[C@@H]12.CC1(C)CC(=O)OC(=O)C1.NCCCN1CCS(=O)(=O)CC1. The monoisotopic (exact) mass is 2070 g/mol. The fraction of sp³-hybridized carbons (Fsp3) is 0.885. The van der Waals surface area contributed by atoms with Gasteiger partial charge in [-0.3, -0.25) is 28.8 Å². The number of ether oxygens (including phenoxy) is 1. The highest BCUT2D eigenvalue weighted by Crippen LogP contribution is 2.81. The molecule has 27 atom stereocenters. The summed E-state index contributed by atoms with van der Waals surface area (Å²) in [5.74, 6) is 7.83. The number of hydrogen-bond donors (Lipinski definition) is 5. The number of likely N-dealkylation sites (tertiary alicyclic amines) is 2. The lowest BCUT2D eigenvalue weighted by Crippen LogP contribution is -2.70. The average molecular weight is 2070 g/mol. The Balaban J connectivity index is 0.000000159. The van der Waals surface area contributed by atoms with Gasteiger partial charge in [-0.05, 0) is 440 Å². The topological polar surface area (TPSA) is 318 Å². The van der Waals surface area contributed by atoms with Gasteiger partial charge in [-0.25, -0.2) is 16.8 Å². The molecule has 0 aromatic rings. The van der Waals surface area contributed by atoms with Crippen molar-refractivity contribution >= 4 is 67.9 Å². The van der Waals surface area contributed by atoms with Gasteiger partial charge in [-0.15, -0.1) is 0 Å². The minimum atomic E-state index is -2.84. The van der Waals surface area contributed by atoms with Crippen molar-refractivity contribution in [3.63, 3.8) is 0 Å². The van der Waals surface area contributed by atoms with E-state index in [1.165, 1.54) is 145 Å². The van der Waals surface area contributed by atoms with Gasteiger partial charge in [0.2, 0.25) is 11.8 Å². The summed E-state index contributed by atoms with van der Waals surface area (Å²) in [7, 11) is -5.55. The van der Waals surface area contributed by atoms with Crippen molar-refractivity contribution in [1.29, 1.82) is 0 Å². The number of esters is 2. The number of piperidine rings is 3. The number of carbonyl (C=O) groups excluding carboxylic acids is 6. The number of amides is 2. The zero-order valence-corrected chi connectivity index (χ0v) is 97.5. The highest BCUT2D eigenvalue weighted by molar-refractivity contribution is 7.91. The van der Waals surface area contributed by atoms with E-state index in [9.17, 15) is 65.4 Å². The number of nitrogens with two attached hydrogens (primary N) is 1. The van der Waals surface area contributed by atoms with E-state index >= 15 is 0 Å². The first-order valence-corrected chi connectivity index (χ1v) is 61.9. The fourth-order valence-corrected chi connectivity index (χ4v) is 43.0. The summed E-state index contributed by atoms with van der Waals surface area (Å²) < 4.78 is 50.1. The van der Waals surface area contributed by atoms with Crippen LogP contribution in [0.15, 0.2) is 36.5 Å². The van der Waals surface area contributed by atoms with Gasteiger partial charge in [0.15, 0.2) is 19.7 Å². The number of rotatable bonds is 22. The van der Waals surface area contributed by atoms with Gasteiger partial charge in [0.25, 0.3) is 0 Å². The first-order valence-electron chi connectivity index (χ1n) is 58.3. The zero-order valence-electron chi connectivity index (χ0n) is 95.9. The molecule has 0 unspecified atom stereocenters. The third-order valence-electron chi connectivity index (χ3n) is 48.2. The Bertz CT molecular complexity index is 5070. The Morgan fingerprint density at radius 2 is 0.788 bits per heavy atom. The zero-order chi connectivity index (χ0) is 108. The lowest BCUT2D eigenvalue weighted by Gasteiger charge is -2.73. The predicted molar refractivity (Wildman–Crippen MR) is 584 cm³/mol. The molecule has 12 aliphatic carbocycles. The second kappa shape index (κ2) is 41.8. The molecule has 0 bridgehead atoms. The van der Waals surface area contributed by atoms with E-state index in [1.807, 2.05) is 41.5 Å². The number of carboxylic acid groups (broad SMARTS) is 2. The molecule has 18 aliphatic rings. The maximum absolute atomic E-state index is 13.9. The van der Waals surface area contributed by atoms with E-state index in [0.717, 1.165) is 128 Å². The van der Waals surface area contributed by atoms with Crippen LogP contribution in [-0.4, -0.2) is 213 Å². The number of nitrogens with one attached hydrogen (secondary N) is 2. The highest BCUT2D eigenvalue weighted by atomic mass is 32.2. The van der Waals surface area contributed by atoms with E-state index < -0.39 is 54.4 Å². The molecule has 0 aromatic heterocycles. The normalized spacial score (nSPS) is 42.8. The largest absolute Gasteiger partial charge is 0.481 e. The van der Waals surface area contributed by atoms with Crippen molar-refractivity contribution in [3.8, 4) is 0 Å². The first kappa shape index (κ1) is 117. The number of cyclic esters (lactones) is 2. The summed E-state index contributed by atoms with van der Waals surface area (Å²) in [5, 5.41) is 26.7. The number of sulfone groups is 2. The van der Waals surface area contributed by atoms with Crippen LogP contribution in [-0.2, 0) is 62.8 Å². The van der Waals surface area contributed by atoms with Crippen LogP contribution in [0.1, 0.15) is 391 Å². The highest BCUT2D eigenvalue weighted by Gasteiger charge is 2.76. The summed E-state index contributed by atoms with van der Waals surface area (Å²) in [6.45, 7) is 79.5. The summed E-state index contributed by atoms with van der Waals surface area (Å²) >= 11 is 0. The number of fused-ring (bicyclic) bond motifs is 21. The van der Waals surface area contributed by atoms with Crippen molar-refractivity contribution in [3.05, 3.63) is 36.5 Å². The van der Waals surface area contributed by atoms with Gasteiger partial charge in [0, 0.05) is 86.1 Å². The van der Waals surface area contributed by atoms with E-state index in [1.54, 1.807) is 0 Å². The second-order valence-electron chi connectivity index (χ2n) is 58.8. The minimum absolute atomic E-state index is 0.00689. The maximum atomic E-state index is 13.9. The van der Waals surface area contributed by atoms with E-state index in [-0.39, 0.29) is 103 Å². The van der Waals surface area contributed by atoms with Crippen molar-refractivity contribution in [1.82, 2.24) is 30.2 Å². The van der Waals surface area contributed by atoms with Gasteiger partial charge in [0.1, 0.15) is 12.6 Å². The second-order valence-corrected chi connectivity index (χ2v) is 63.4. The van der Waals surface area contributed by atoms with Crippen LogP contribution in [0.3, 0.4) is 0 Å². The lowest BCUT2D eigenvalue weighted by atomic mass is 9.33. The van der Waals surface area contributed by atoms with Crippen molar-refractivity contribution < 1.29 is 70.1 Å². The summed E-state index contributed by atoms with van der Waals surface area (Å²) in [6, 6.07) is 0. The molecule has 6 N–H and O–H groups in total. The smallest absolute Gasteiger partial charge is 0.313 e. The van der Waals surface area contributed by atoms with Crippen LogP contribution < -0.4 is 16.4 Å². The molecule has 6 saturated heterocycles. The number of aldehydes is 2. The predicted octanol–water partition coefficient (Wildman–Crippen LogP) is 22.1. The van der Waals surface area contributed by atoms with Crippen molar-refractivity contribution in [2.75, 3.05) is 102 Å². The van der Waals surface area contributed by atoms with Crippen LogP contribution in [0.25, 0.3) is 0 Å². The maximum Gasteiger partial charge on any atom is 0.313 e. The number of carbonyl (C=O) groups is 8. The Morgan fingerprint density at radius 1 is 0.432 bits per heavy atom. The van der Waals surface area contributed by atoms with Gasteiger partial charge in [-0.2, -0.15) is 0 Å². The summed E-state index contributed by atoms with van der Waals surface area (Å²) in [5.41, 5.74) is 10.3. The molecule has 18 rings (SSSR count). The number of aliphatic carboxylic acids is 2. The standard InChI is InChI=1S/C43H73N3O5S.C36H57NO4.C29H47NO.C7H16N2O2S.C7H10O3/c1-30(2)31-13-16-43(29-44-20-10-21-45-23-25-52(50,51)26-24-45)18-17-41(8)32(37(31)43)11-12-34-40(7)19-22-46(35(47)27-38(3,4)28-36(48)49)39(5,6)33(40)14-15-42(34,41)9;1-23(2)24-12-15-36(22-38)17-16-34(8)25(30(24)36)10-11-27-33(7)18-19-37(28(39)20-31(3,4)21-29(40)41)32(5,6)26(33)13-14-35(27,34)9;1-19(2)20-10-13-29(18-31)15-14-27(6)21(24(20)29)8-9-23-26(5)16-17-30-25(3,4)22(26)11-12-28(23,27)7;8-2-1-3-9-4-6-12(10,11)7-5-9;1-7(2)3-5(8)10-6(9)4-7/h31-34,37,44H,1,10-29H2,2-9H3,(H,48,49);22,24-27,30H,1,10-21H2,2-9H3,(H,40,41);18,20-24,30H,1,8-17H2,2-7H3;1-8H2;3-4H2,1-2H3/t31-,32+,33-,34+,37+,40-,41+,42+,43+;24-,25+,26-,27+,30+,33-,34+,35+,36+;20-,21+,22-,23+,24+,26-,27+,28+,29+;;/m000../s1. The third-order valence-corrected chi connectivity index (χ3v) is 51.4. The van der Waals surface area contributed by atoms with Crippen LogP contribution in [0.5, 0.6) is 0 Å². The minimum Gasteiger partial charge on any atom is -0.481 e. The first-order chi connectivity index (χ1) is 67.6. The molecular formula is C122H203N7O15S2. The Labute approximate surface area is 883 Å². The number of carboxylic acids is 2. The van der Waals surface area contributed by atoms with Crippen molar-refractivity contribution in [2.45, 2.75) is 408 Å². The van der Waals surface area contributed by atoms with E-state index in [2.05, 4.69) is 179 Å². The fourth-order valence-electron chi connectivity index (χ4n) is 40.4. The molecule has 828 valence electrons. The van der Waals surface area contributed by atoms with E-state index in [4.69, 9.17) is 5.73 Å². The molecule has 18 fully saturated rings. The van der Waals surface area contributed by atoms with E-state index in [0.29, 0.717) is 167 Å². The molecular weight excluding hydrogens is 1870 g/mol. The lowest BCUT2D eigenvalue weighted by molar-refractivity contribution is -0.241. The Morgan fingerprint density at radius 3 is 1.16 bits per heavy atom. The Kier molecular flexibility index (Phi) is 33.4. The number of hydrogen-bond acceptors (Lipinski definition) is 18. The molecule has 6 heterocycles. The summed E-state index contributed by atoms with van der Waals surface area (Å²) in [6.07, 6.45) is 38.6. The quantitative estimate of drug-likeness (QED) is 0.0221. The number of allylic oxidation sites excluding steroid dienone is 3. The molecule has 2 amide bonds. The molecule has 0 aromatic carbocycles. The molecule has 6 aliphatic heterocycles. The van der Waals surface area contributed by atoms with Crippen LogP contribution in [0.2, 0.25) is 0 Å². The van der Waals surface area contributed by atoms with Gasteiger partial charge < -0.3 is 60.5 Å². The summed E-state index contributed by atoms with van der Waals surface area (Å²) in [4.78, 5) is 106. The Hall–Kier alpha value is -4.72. The van der Waals surface area contributed by atoms with Crippen molar-refractivity contribution in [2.24, 2.45) is 176 Å². The van der Waals surface area contributed by atoms with Gasteiger partial charge in [0.05, 0.1) is 48.7 Å². The molecule has 0 radical (unpaired) electrons. The third kappa shape index (κ3) is 21.1. The van der Waals surface area contributed by atoms with Crippen LogP contribution in [0, 0.1) is 170 Å². The average Bonchev–Trinajstić information content (AvgIpc) is 1.18.